The summed E-state index contributed by atoms with van der Waals surface area (Å²) >= 11 is 0. The van der Waals surface area contributed by atoms with Gasteiger partial charge in [0.1, 0.15) is 12.6 Å². The van der Waals surface area contributed by atoms with Crippen molar-refractivity contribution in [2.75, 3.05) is 6.54 Å². The number of allylic oxidation sites excluding steroid dienone is 8. The summed E-state index contributed by atoms with van der Waals surface area (Å²) in [5, 5.41) is 11.0. The Balaban J connectivity index is 4.21. The maximum atomic E-state index is 12.6. The van der Waals surface area contributed by atoms with Crippen LogP contribution in [0.4, 0.5) is 0 Å². The molecular weight excluding hydrogens is 562 g/mol. The number of amides is 1. The molecule has 0 rings (SSSR count). The van der Waals surface area contributed by atoms with E-state index in [0.29, 0.717) is 12.8 Å². The number of carbonyl (C=O) groups excluding carboxylic acids is 2. The summed E-state index contributed by atoms with van der Waals surface area (Å²) in [4.78, 5) is 34.8. The Kier molecular flexibility index (Phi) is 32.2. The van der Waals surface area contributed by atoms with Crippen molar-refractivity contribution in [3.05, 3.63) is 48.6 Å². The number of hydrogen-bond donors (Lipinski definition) is 2. The minimum absolute atomic E-state index is 0.00808. The standard InChI is InChI=1S/C39H67NO5/c1-3-5-7-9-11-13-14-15-16-17-18-19-21-26-30-34-39(44)45-36(31-27-23-20-12-10-8-6-4-2)32-28-24-22-25-29-33-37(41)40-35-38(42)43/h5,7,11,13,15-16,18-19,36H,3-4,6,8-10,12,14,17,20-35H2,1-2H3,(H,40,41)(H,42,43)/b7-5-,13-11-,16-15-,19-18-. The van der Waals surface area contributed by atoms with E-state index < -0.39 is 5.97 Å². The summed E-state index contributed by atoms with van der Waals surface area (Å²) in [5.74, 6) is -1.28. The first-order chi connectivity index (χ1) is 22.0. The smallest absolute Gasteiger partial charge is 0.322 e. The summed E-state index contributed by atoms with van der Waals surface area (Å²) in [6.07, 6.45) is 42.2. The average molecular weight is 630 g/mol. The third-order valence-corrected chi connectivity index (χ3v) is 7.77. The fourth-order valence-electron chi connectivity index (χ4n) is 5.09. The van der Waals surface area contributed by atoms with Crippen molar-refractivity contribution in [3.63, 3.8) is 0 Å². The van der Waals surface area contributed by atoms with Gasteiger partial charge in [0.25, 0.3) is 0 Å². The molecule has 6 nitrogen and oxygen atoms in total. The Bertz CT molecular complexity index is 829. The topological polar surface area (TPSA) is 92.7 Å². The highest BCUT2D eigenvalue weighted by molar-refractivity contribution is 5.80. The van der Waals surface area contributed by atoms with Crippen molar-refractivity contribution in [3.8, 4) is 0 Å². The normalized spacial score (nSPS) is 12.6. The van der Waals surface area contributed by atoms with Gasteiger partial charge in [-0.15, -0.1) is 0 Å². The van der Waals surface area contributed by atoms with E-state index in [1.54, 1.807) is 0 Å². The number of carbonyl (C=O) groups is 3. The van der Waals surface area contributed by atoms with Gasteiger partial charge in [-0.2, -0.15) is 0 Å². The SMILES string of the molecule is CC/C=C\C/C=C\C/C=C\C/C=C\CCCCC(=O)OC(CCCCCCCCCC)CCCCCCCC(=O)NCC(=O)O. The number of aliphatic carboxylic acids is 1. The molecule has 258 valence electrons. The van der Waals surface area contributed by atoms with Crippen LogP contribution >= 0.6 is 0 Å². The van der Waals surface area contributed by atoms with Crippen molar-refractivity contribution in [1.29, 1.82) is 0 Å². The first kappa shape index (κ1) is 42.4. The molecule has 0 aliphatic heterocycles. The van der Waals surface area contributed by atoms with Gasteiger partial charge < -0.3 is 15.2 Å². The van der Waals surface area contributed by atoms with Crippen molar-refractivity contribution in [2.24, 2.45) is 0 Å². The Morgan fingerprint density at radius 2 is 1.09 bits per heavy atom. The summed E-state index contributed by atoms with van der Waals surface area (Å²) in [5.41, 5.74) is 0. The Labute approximate surface area is 276 Å². The van der Waals surface area contributed by atoms with Crippen LogP contribution in [-0.4, -0.2) is 35.6 Å². The fraction of sp³-hybridized carbons (Fsp3) is 0.718. The molecule has 6 heteroatoms. The van der Waals surface area contributed by atoms with E-state index in [1.165, 1.54) is 44.9 Å². The molecule has 0 aliphatic rings. The summed E-state index contributed by atoms with van der Waals surface area (Å²) in [7, 11) is 0. The van der Waals surface area contributed by atoms with Crippen LogP contribution in [0.2, 0.25) is 0 Å². The van der Waals surface area contributed by atoms with Gasteiger partial charge in [0, 0.05) is 12.8 Å². The summed E-state index contributed by atoms with van der Waals surface area (Å²) < 4.78 is 5.96. The molecule has 0 radical (unpaired) electrons. The number of nitrogens with one attached hydrogen (secondary N) is 1. The third kappa shape index (κ3) is 34.1. The van der Waals surface area contributed by atoms with Crippen LogP contribution in [-0.2, 0) is 19.1 Å². The summed E-state index contributed by atoms with van der Waals surface area (Å²) in [6, 6.07) is 0. The highest BCUT2D eigenvalue weighted by atomic mass is 16.5. The highest BCUT2D eigenvalue weighted by Gasteiger charge is 2.14. The van der Waals surface area contributed by atoms with Gasteiger partial charge in [-0.3, -0.25) is 14.4 Å². The highest BCUT2D eigenvalue weighted by Crippen LogP contribution is 2.18. The third-order valence-electron chi connectivity index (χ3n) is 7.77. The van der Waals surface area contributed by atoms with Gasteiger partial charge in [-0.25, -0.2) is 0 Å². The molecule has 0 saturated heterocycles. The Morgan fingerprint density at radius 3 is 1.64 bits per heavy atom. The lowest BCUT2D eigenvalue weighted by Gasteiger charge is -2.18. The molecule has 0 fully saturated rings. The van der Waals surface area contributed by atoms with E-state index in [4.69, 9.17) is 9.84 Å². The van der Waals surface area contributed by atoms with Crippen LogP contribution < -0.4 is 5.32 Å². The molecule has 1 atom stereocenters. The molecule has 1 amide bonds. The minimum atomic E-state index is -1.02. The number of rotatable bonds is 32. The average Bonchev–Trinajstić information content (AvgIpc) is 3.02. The van der Waals surface area contributed by atoms with Crippen molar-refractivity contribution in [2.45, 2.75) is 174 Å². The zero-order valence-electron chi connectivity index (χ0n) is 29.0. The maximum Gasteiger partial charge on any atom is 0.322 e. The van der Waals surface area contributed by atoms with Crippen molar-refractivity contribution in [1.82, 2.24) is 5.32 Å². The quantitative estimate of drug-likeness (QED) is 0.0439. The summed E-state index contributed by atoms with van der Waals surface area (Å²) in [6.45, 7) is 4.08. The van der Waals surface area contributed by atoms with Crippen LogP contribution in [0.25, 0.3) is 0 Å². The molecule has 0 aromatic rings. The molecule has 0 saturated carbocycles. The van der Waals surface area contributed by atoms with Crippen LogP contribution in [0.5, 0.6) is 0 Å². The van der Waals surface area contributed by atoms with E-state index in [9.17, 15) is 14.4 Å². The first-order valence-electron chi connectivity index (χ1n) is 18.3. The van der Waals surface area contributed by atoms with Gasteiger partial charge in [0.2, 0.25) is 5.91 Å². The fourth-order valence-corrected chi connectivity index (χ4v) is 5.09. The van der Waals surface area contributed by atoms with Crippen LogP contribution in [0.1, 0.15) is 168 Å². The maximum absolute atomic E-state index is 12.6. The van der Waals surface area contributed by atoms with Crippen molar-refractivity contribution < 1.29 is 24.2 Å². The molecule has 45 heavy (non-hydrogen) atoms. The van der Waals surface area contributed by atoms with E-state index in [1.807, 2.05) is 0 Å². The number of unbranched alkanes of at least 4 members (excludes halogenated alkanes) is 13. The Hall–Kier alpha value is -2.63. The first-order valence-corrected chi connectivity index (χ1v) is 18.3. The lowest BCUT2D eigenvalue weighted by atomic mass is 10.0. The molecule has 0 aliphatic carbocycles. The Morgan fingerprint density at radius 1 is 0.600 bits per heavy atom. The second-order valence-electron chi connectivity index (χ2n) is 12.1. The second kappa shape index (κ2) is 34.2. The molecule has 2 N–H and O–H groups in total. The molecule has 0 bridgehead atoms. The number of hydrogen-bond acceptors (Lipinski definition) is 4. The minimum Gasteiger partial charge on any atom is -0.480 e. The van der Waals surface area contributed by atoms with E-state index in [-0.39, 0.29) is 24.5 Å². The molecule has 0 aromatic heterocycles. The lowest BCUT2D eigenvalue weighted by molar-refractivity contribution is -0.150. The van der Waals surface area contributed by atoms with Crippen molar-refractivity contribution >= 4 is 17.8 Å². The molecule has 1 unspecified atom stereocenters. The molecule has 0 spiro atoms. The van der Waals surface area contributed by atoms with Gasteiger partial charge in [-0.05, 0) is 77.0 Å². The lowest BCUT2D eigenvalue weighted by Crippen LogP contribution is -2.28. The number of carboxylic acid groups (broad SMARTS) is 1. The number of ether oxygens (including phenoxy) is 1. The zero-order valence-corrected chi connectivity index (χ0v) is 29.0. The van der Waals surface area contributed by atoms with Gasteiger partial charge >= 0.3 is 11.9 Å². The zero-order chi connectivity index (χ0) is 33.1. The number of esters is 1. The molecule has 0 aromatic carbocycles. The predicted octanol–water partition coefficient (Wildman–Crippen LogP) is 10.7. The number of carboxylic acids is 1. The largest absolute Gasteiger partial charge is 0.480 e. The molecule has 0 heterocycles. The molecular formula is C39H67NO5. The monoisotopic (exact) mass is 630 g/mol. The predicted molar refractivity (Wildman–Crippen MR) is 189 cm³/mol. The van der Waals surface area contributed by atoms with Gasteiger partial charge in [0.05, 0.1) is 0 Å². The van der Waals surface area contributed by atoms with Crippen LogP contribution in [0.3, 0.4) is 0 Å². The van der Waals surface area contributed by atoms with Crippen LogP contribution in [0, 0.1) is 0 Å². The van der Waals surface area contributed by atoms with E-state index >= 15 is 0 Å². The van der Waals surface area contributed by atoms with E-state index in [2.05, 4.69) is 67.8 Å². The van der Waals surface area contributed by atoms with Gasteiger partial charge in [-0.1, -0.05) is 127 Å². The van der Waals surface area contributed by atoms with E-state index in [0.717, 1.165) is 96.3 Å². The second-order valence-corrected chi connectivity index (χ2v) is 12.1. The van der Waals surface area contributed by atoms with Crippen LogP contribution in [0.15, 0.2) is 48.6 Å². The van der Waals surface area contributed by atoms with Gasteiger partial charge in [0.15, 0.2) is 0 Å².